The number of hydrogen-bond donors (Lipinski definition) is 1. The van der Waals surface area contributed by atoms with E-state index in [9.17, 15) is 4.79 Å². The van der Waals surface area contributed by atoms with Gasteiger partial charge in [-0.15, -0.1) is 11.8 Å². The van der Waals surface area contributed by atoms with E-state index in [1.54, 1.807) is 0 Å². The van der Waals surface area contributed by atoms with E-state index in [4.69, 9.17) is 16.3 Å². The predicted octanol–water partition coefficient (Wildman–Crippen LogP) is 5.25. The lowest BCUT2D eigenvalue weighted by Crippen LogP contribution is -2.24. The largest absolute Gasteiger partial charge is 0.492 e. The molecule has 3 nitrogen and oxygen atoms in total. The van der Waals surface area contributed by atoms with Crippen molar-refractivity contribution in [3.05, 3.63) is 53.6 Å². The van der Waals surface area contributed by atoms with E-state index in [0.29, 0.717) is 23.1 Å². The van der Waals surface area contributed by atoms with Gasteiger partial charge >= 0.3 is 0 Å². The van der Waals surface area contributed by atoms with Crippen molar-refractivity contribution in [2.24, 2.45) is 0 Å². The van der Waals surface area contributed by atoms with Crippen molar-refractivity contribution in [1.29, 1.82) is 0 Å². The fourth-order valence-electron chi connectivity index (χ4n) is 2.06. The highest BCUT2D eigenvalue weighted by molar-refractivity contribution is 8.00. The highest BCUT2D eigenvalue weighted by Gasteiger charge is 2.19. The van der Waals surface area contributed by atoms with E-state index in [2.05, 4.69) is 5.32 Å². The van der Waals surface area contributed by atoms with E-state index >= 15 is 0 Å². The Balaban J connectivity index is 2.06. The molecule has 1 atom stereocenters. The zero-order valence-corrected chi connectivity index (χ0v) is 14.8. The van der Waals surface area contributed by atoms with Gasteiger partial charge in [0.2, 0.25) is 5.91 Å². The summed E-state index contributed by atoms with van der Waals surface area (Å²) < 4.78 is 5.55. The van der Waals surface area contributed by atoms with Gasteiger partial charge in [0, 0.05) is 9.92 Å². The van der Waals surface area contributed by atoms with Crippen molar-refractivity contribution >= 4 is 35.0 Å². The molecule has 0 saturated heterocycles. The van der Waals surface area contributed by atoms with Crippen molar-refractivity contribution in [3.8, 4) is 5.75 Å². The molecule has 122 valence electrons. The number of carbonyl (C=O) groups is 1. The maximum atomic E-state index is 12.6. The van der Waals surface area contributed by atoms with Crippen LogP contribution in [0.4, 0.5) is 5.69 Å². The van der Waals surface area contributed by atoms with E-state index in [0.717, 1.165) is 11.3 Å². The van der Waals surface area contributed by atoms with Gasteiger partial charge < -0.3 is 10.1 Å². The van der Waals surface area contributed by atoms with E-state index in [1.807, 2.05) is 62.4 Å². The first-order valence-electron chi connectivity index (χ1n) is 7.59. The number of thioether (sulfide) groups is 1. The fraction of sp³-hybridized carbons (Fsp3) is 0.278. The van der Waals surface area contributed by atoms with E-state index in [1.165, 1.54) is 11.8 Å². The Labute approximate surface area is 146 Å². The van der Waals surface area contributed by atoms with Gasteiger partial charge in [0.1, 0.15) is 5.75 Å². The van der Waals surface area contributed by atoms with Gasteiger partial charge in [-0.3, -0.25) is 4.79 Å². The lowest BCUT2D eigenvalue weighted by Gasteiger charge is -2.16. The highest BCUT2D eigenvalue weighted by Crippen LogP contribution is 2.29. The van der Waals surface area contributed by atoms with Crippen molar-refractivity contribution in [2.45, 2.75) is 30.4 Å². The molecule has 0 unspecified atom stereocenters. The van der Waals surface area contributed by atoms with Crippen molar-refractivity contribution in [1.82, 2.24) is 0 Å². The zero-order valence-electron chi connectivity index (χ0n) is 13.2. The van der Waals surface area contributed by atoms with Crippen LogP contribution in [0.3, 0.4) is 0 Å². The Bertz CT molecular complexity index is 646. The summed E-state index contributed by atoms with van der Waals surface area (Å²) in [6.45, 7) is 4.48. The molecule has 0 aromatic heterocycles. The summed E-state index contributed by atoms with van der Waals surface area (Å²) in [7, 11) is 0. The molecule has 1 N–H and O–H groups in total. The number of ether oxygens (including phenoxy) is 1. The van der Waals surface area contributed by atoms with Gasteiger partial charge in [-0.25, -0.2) is 0 Å². The number of rotatable bonds is 7. The first-order valence-corrected chi connectivity index (χ1v) is 8.84. The van der Waals surface area contributed by atoms with Gasteiger partial charge in [-0.05, 0) is 49.7 Å². The molecule has 2 rings (SSSR count). The summed E-state index contributed by atoms with van der Waals surface area (Å²) in [6.07, 6.45) is 0.732. The molecule has 0 fully saturated rings. The number of nitrogens with one attached hydrogen (secondary N) is 1. The van der Waals surface area contributed by atoms with Crippen LogP contribution in [0.25, 0.3) is 0 Å². The minimum atomic E-state index is -0.175. The second kappa shape index (κ2) is 8.85. The van der Waals surface area contributed by atoms with Crippen LogP contribution in [-0.4, -0.2) is 17.8 Å². The van der Waals surface area contributed by atoms with Gasteiger partial charge in [0.05, 0.1) is 17.5 Å². The summed E-state index contributed by atoms with van der Waals surface area (Å²) >= 11 is 7.43. The van der Waals surface area contributed by atoms with Crippen LogP contribution in [0, 0.1) is 0 Å². The lowest BCUT2D eigenvalue weighted by atomic mass is 10.2. The molecular weight excluding hydrogens is 330 g/mol. The summed E-state index contributed by atoms with van der Waals surface area (Å²) in [6, 6.07) is 15.0. The molecule has 2 aromatic carbocycles. The van der Waals surface area contributed by atoms with Crippen LogP contribution in [0.2, 0.25) is 5.02 Å². The Kier molecular flexibility index (Phi) is 6.81. The fourth-order valence-corrected chi connectivity index (χ4v) is 3.14. The zero-order chi connectivity index (χ0) is 16.7. The summed E-state index contributed by atoms with van der Waals surface area (Å²) in [5.74, 6) is 0.661. The standard InChI is InChI=1S/C18H20ClNO2S/c1-3-17(23-14-11-9-13(19)10-12-14)18(21)20-15-7-5-6-8-16(15)22-4-2/h5-12,17H,3-4H2,1-2H3,(H,20,21)/t17-/m1/s1. The molecular formula is C18H20ClNO2S. The second-order valence-electron chi connectivity index (χ2n) is 4.89. The van der Waals surface area contributed by atoms with Gasteiger partial charge in [-0.1, -0.05) is 30.7 Å². The smallest absolute Gasteiger partial charge is 0.237 e. The molecule has 0 aliphatic rings. The third kappa shape index (κ3) is 5.19. The SMILES string of the molecule is CCOc1ccccc1NC(=O)[C@@H](CC)Sc1ccc(Cl)cc1. The van der Waals surface area contributed by atoms with Crippen molar-refractivity contribution in [2.75, 3.05) is 11.9 Å². The molecule has 0 aliphatic carbocycles. The second-order valence-corrected chi connectivity index (χ2v) is 6.60. The summed E-state index contributed by atoms with van der Waals surface area (Å²) in [4.78, 5) is 13.6. The van der Waals surface area contributed by atoms with Crippen LogP contribution in [0.1, 0.15) is 20.3 Å². The van der Waals surface area contributed by atoms with Crippen molar-refractivity contribution < 1.29 is 9.53 Å². The number of para-hydroxylation sites is 2. The monoisotopic (exact) mass is 349 g/mol. The Morgan fingerprint density at radius 1 is 1.17 bits per heavy atom. The summed E-state index contributed by atoms with van der Waals surface area (Å²) in [5, 5.41) is 3.48. The van der Waals surface area contributed by atoms with Crippen LogP contribution < -0.4 is 10.1 Å². The molecule has 0 heterocycles. The highest BCUT2D eigenvalue weighted by atomic mass is 35.5. The third-order valence-corrected chi connectivity index (χ3v) is 4.83. The van der Waals surface area contributed by atoms with Gasteiger partial charge in [0.15, 0.2) is 0 Å². The van der Waals surface area contributed by atoms with Gasteiger partial charge in [0.25, 0.3) is 0 Å². The third-order valence-electron chi connectivity index (χ3n) is 3.20. The van der Waals surface area contributed by atoms with E-state index in [-0.39, 0.29) is 11.2 Å². The first kappa shape index (κ1) is 17.7. The van der Waals surface area contributed by atoms with Gasteiger partial charge in [-0.2, -0.15) is 0 Å². The topological polar surface area (TPSA) is 38.3 Å². The van der Waals surface area contributed by atoms with Crippen molar-refractivity contribution in [3.63, 3.8) is 0 Å². The minimum Gasteiger partial charge on any atom is -0.492 e. The average molecular weight is 350 g/mol. The normalized spacial score (nSPS) is 11.8. The van der Waals surface area contributed by atoms with Crippen LogP contribution in [0.15, 0.2) is 53.4 Å². The van der Waals surface area contributed by atoms with E-state index < -0.39 is 0 Å². The summed E-state index contributed by atoms with van der Waals surface area (Å²) in [5.41, 5.74) is 0.703. The number of anilines is 1. The molecule has 0 radical (unpaired) electrons. The average Bonchev–Trinajstić information content (AvgIpc) is 2.56. The Hall–Kier alpha value is -1.65. The maximum absolute atomic E-state index is 12.6. The quantitative estimate of drug-likeness (QED) is 0.694. The number of hydrogen-bond acceptors (Lipinski definition) is 3. The number of benzene rings is 2. The van der Waals surface area contributed by atoms with Crippen LogP contribution in [0.5, 0.6) is 5.75 Å². The molecule has 1 amide bonds. The number of amides is 1. The molecule has 23 heavy (non-hydrogen) atoms. The van der Waals surface area contributed by atoms with Crippen LogP contribution >= 0.6 is 23.4 Å². The molecule has 0 bridgehead atoms. The Morgan fingerprint density at radius 2 is 1.87 bits per heavy atom. The number of carbonyl (C=O) groups excluding carboxylic acids is 1. The molecule has 0 saturated carbocycles. The molecule has 0 aliphatic heterocycles. The maximum Gasteiger partial charge on any atom is 0.237 e. The minimum absolute atomic E-state index is 0.0281. The molecule has 2 aromatic rings. The molecule has 0 spiro atoms. The first-order chi connectivity index (χ1) is 11.1. The van der Waals surface area contributed by atoms with Crippen LogP contribution in [-0.2, 0) is 4.79 Å². The predicted molar refractivity (Wildman–Crippen MR) is 97.6 cm³/mol. The Morgan fingerprint density at radius 3 is 2.52 bits per heavy atom. The molecule has 5 heteroatoms. The lowest BCUT2D eigenvalue weighted by molar-refractivity contribution is -0.115. The number of halogens is 1.